The summed E-state index contributed by atoms with van der Waals surface area (Å²) in [7, 11) is 1.38. The summed E-state index contributed by atoms with van der Waals surface area (Å²) in [6.07, 6.45) is -5.42. The van der Waals surface area contributed by atoms with Crippen LogP contribution in [0.25, 0.3) is 11.1 Å². The molecule has 0 saturated heterocycles. The number of aryl methyl sites for hydroxylation is 1. The van der Waals surface area contributed by atoms with E-state index in [1.165, 1.54) is 38.2 Å². The maximum atomic E-state index is 14.7. The van der Waals surface area contributed by atoms with Gasteiger partial charge in [0.15, 0.2) is 5.69 Å². The highest BCUT2D eigenvalue weighted by Crippen LogP contribution is 2.35. The first-order valence-corrected chi connectivity index (χ1v) is 10.6. The average Bonchev–Trinajstić information content (AvgIpc) is 2.78. The molecule has 13 heteroatoms. The summed E-state index contributed by atoms with van der Waals surface area (Å²) in [6, 6.07) is 7.90. The van der Waals surface area contributed by atoms with E-state index in [2.05, 4.69) is 10.1 Å². The Balaban J connectivity index is 2.16. The second-order valence-electron chi connectivity index (χ2n) is 7.87. The summed E-state index contributed by atoms with van der Waals surface area (Å²) in [5.41, 5.74) is -1.17. The number of nitrogens with zero attached hydrogens (tertiary/aromatic N) is 2. The minimum atomic E-state index is -4.96. The Hall–Kier alpha value is -4.55. The van der Waals surface area contributed by atoms with Crippen LogP contribution in [0.15, 0.2) is 53.3 Å². The molecule has 0 aliphatic carbocycles. The Morgan fingerprint density at radius 1 is 1.11 bits per heavy atom. The zero-order valence-electron chi connectivity index (χ0n) is 19.5. The van der Waals surface area contributed by atoms with Crippen LogP contribution in [-0.2, 0) is 11.8 Å². The third-order valence-electron chi connectivity index (χ3n) is 5.21. The SMILES string of the molecule is Cc1cc(O)c(N(C(=O)NCCC(=O)O)c2cc(F)cc(-c3cccc(OC(F)(F)F)c3)c2)c(=O)n1C. The number of aromatic nitrogens is 1. The molecule has 2 amide bonds. The van der Waals surface area contributed by atoms with Crippen LogP contribution in [0, 0.1) is 12.7 Å². The van der Waals surface area contributed by atoms with Crippen molar-refractivity contribution in [3.63, 3.8) is 0 Å². The molecule has 3 N–H and O–H groups in total. The summed E-state index contributed by atoms with van der Waals surface area (Å²) in [6.45, 7) is 1.18. The largest absolute Gasteiger partial charge is 0.573 e. The summed E-state index contributed by atoms with van der Waals surface area (Å²) in [5, 5.41) is 21.7. The molecule has 37 heavy (non-hydrogen) atoms. The van der Waals surface area contributed by atoms with Gasteiger partial charge < -0.3 is 24.8 Å². The highest BCUT2D eigenvalue weighted by atomic mass is 19.4. The Kier molecular flexibility index (Phi) is 7.75. The van der Waals surface area contributed by atoms with Gasteiger partial charge in [-0.3, -0.25) is 14.5 Å². The minimum absolute atomic E-state index is 0.0226. The third-order valence-corrected chi connectivity index (χ3v) is 5.21. The first kappa shape index (κ1) is 27.0. The van der Waals surface area contributed by atoms with E-state index < -0.39 is 53.3 Å². The predicted octanol–water partition coefficient (Wildman–Crippen LogP) is 4.43. The van der Waals surface area contributed by atoms with Crippen molar-refractivity contribution in [3.05, 3.63) is 70.4 Å². The first-order valence-electron chi connectivity index (χ1n) is 10.6. The molecule has 3 rings (SSSR count). The number of amides is 2. The second-order valence-corrected chi connectivity index (χ2v) is 7.87. The van der Waals surface area contributed by atoms with Crippen molar-refractivity contribution in [1.82, 2.24) is 9.88 Å². The quantitative estimate of drug-likeness (QED) is 0.394. The van der Waals surface area contributed by atoms with E-state index in [4.69, 9.17) is 5.11 Å². The van der Waals surface area contributed by atoms with Crippen molar-refractivity contribution in [2.24, 2.45) is 7.05 Å². The zero-order chi connectivity index (χ0) is 27.5. The van der Waals surface area contributed by atoms with Crippen LogP contribution in [0.5, 0.6) is 11.5 Å². The fourth-order valence-electron chi connectivity index (χ4n) is 3.45. The number of hydrogen-bond donors (Lipinski definition) is 3. The van der Waals surface area contributed by atoms with Crippen LogP contribution in [0.4, 0.5) is 33.7 Å². The Morgan fingerprint density at radius 2 is 1.81 bits per heavy atom. The number of carbonyl (C=O) groups excluding carboxylic acids is 1. The van der Waals surface area contributed by atoms with Crippen LogP contribution >= 0.6 is 0 Å². The van der Waals surface area contributed by atoms with Crippen molar-refractivity contribution < 1.29 is 42.1 Å². The molecular weight excluding hydrogens is 502 g/mol. The molecule has 2 aromatic carbocycles. The molecule has 0 fully saturated rings. The predicted molar refractivity (Wildman–Crippen MR) is 124 cm³/mol. The van der Waals surface area contributed by atoms with Crippen LogP contribution in [0.3, 0.4) is 0 Å². The summed E-state index contributed by atoms with van der Waals surface area (Å²) < 4.78 is 57.7. The number of aliphatic carboxylic acids is 1. The van der Waals surface area contributed by atoms with Gasteiger partial charge in [0.1, 0.15) is 17.3 Å². The molecule has 0 saturated carbocycles. The normalized spacial score (nSPS) is 11.2. The van der Waals surface area contributed by atoms with E-state index in [1.807, 2.05) is 0 Å². The molecule has 196 valence electrons. The van der Waals surface area contributed by atoms with Gasteiger partial charge in [-0.25, -0.2) is 9.18 Å². The smallest absolute Gasteiger partial charge is 0.505 e. The Morgan fingerprint density at radius 3 is 2.46 bits per heavy atom. The monoisotopic (exact) mass is 523 g/mol. The molecule has 0 spiro atoms. The van der Waals surface area contributed by atoms with Crippen LogP contribution in [0.2, 0.25) is 0 Å². The van der Waals surface area contributed by atoms with Crippen LogP contribution in [0.1, 0.15) is 12.1 Å². The van der Waals surface area contributed by atoms with Gasteiger partial charge in [-0.1, -0.05) is 12.1 Å². The number of halogens is 4. The number of nitrogens with one attached hydrogen (secondary N) is 1. The fourth-order valence-corrected chi connectivity index (χ4v) is 3.45. The van der Waals surface area contributed by atoms with Gasteiger partial charge in [0, 0.05) is 25.4 Å². The molecule has 1 heterocycles. The lowest BCUT2D eigenvalue weighted by molar-refractivity contribution is -0.274. The number of carbonyl (C=O) groups is 2. The number of benzene rings is 2. The Labute approximate surface area is 207 Å². The lowest BCUT2D eigenvalue weighted by atomic mass is 10.0. The van der Waals surface area contributed by atoms with Gasteiger partial charge in [-0.15, -0.1) is 13.2 Å². The molecule has 1 aromatic heterocycles. The number of ether oxygens (including phenoxy) is 1. The number of carboxylic acids is 1. The number of urea groups is 1. The third kappa shape index (κ3) is 6.57. The number of anilines is 2. The van der Waals surface area contributed by atoms with E-state index in [0.717, 1.165) is 28.8 Å². The highest BCUT2D eigenvalue weighted by Gasteiger charge is 2.31. The maximum Gasteiger partial charge on any atom is 0.573 e. The first-order chi connectivity index (χ1) is 17.3. The zero-order valence-corrected chi connectivity index (χ0v) is 19.5. The molecule has 0 bridgehead atoms. The van der Waals surface area contributed by atoms with E-state index in [9.17, 15) is 37.1 Å². The van der Waals surface area contributed by atoms with Crippen molar-refractivity contribution in [2.45, 2.75) is 19.7 Å². The minimum Gasteiger partial charge on any atom is -0.505 e. The van der Waals surface area contributed by atoms with E-state index in [-0.39, 0.29) is 23.4 Å². The number of hydrogen-bond acceptors (Lipinski definition) is 5. The molecule has 0 radical (unpaired) electrons. The molecule has 0 aliphatic rings. The van der Waals surface area contributed by atoms with Gasteiger partial charge in [0.05, 0.1) is 12.1 Å². The van der Waals surface area contributed by atoms with Crippen molar-refractivity contribution >= 4 is 23.4 Å². The standard InChI is InChI=1S/C24H21F4N3O6/c1-13-8-19(32)21(22(35)30(13)2)31(23(36)29-7-6-20(33)34)17-10-15(9-16(25)12-17)14-4-3-5-18(11-14)37-24(26,27)28/h3-5,8-12,32H,6-7H2,1-2H3,(H,29,36)(H,33,34). The van der Waals surface area contributed by atoms with Gasteiger partial charge in [0.2, 0.25) is 0 Å². The fraction of sp³-hybridized carbons (Fsp3) is 0.208. The number of alkyl halides is 3. The van der Waals surface area contributed by atoms with Crippen molar-refractivity contribution in [2.75, 3.05) is 11.4 Å². The van der Waals surface area contributed by atoms with Gasteiger partial charge >= 0.3 is 18.4 Å². The van der Waals surface area contributed by atoms with E-state index in [1.54, 1.807) is 0 Å². The number of rotatable bonds is 7. The van der Waals surface area contributed by atoms with E-state index in [0.29, 0.717) is 10.6 Å². The topological polar surface area (TPSA) is 121 Å². The molecule has 0 atom stereocenters. The molecule has 3 aromatic rings. The number of pyridine rings is 1. The molecule has 0 aliphatic heterocycles. The summed E-state index contributed by atoms with van der Waals surface area (Å²) in [4.78, 5) is 37.6. The van der Waals surface area contributed by atoms with Crippen molar-refractivity contribution in [3.8, 4) is 22.6 Å². The van der Waals surface area contributed by atoms with Gasteiger partial charge in [-0.2, -0.15) is 0 Å². The summed E-state index contributed by atoms with van der Waals surface area (Å²) >= 11 is 0. The average molecular weight is 523 g/mol. The molecule has 0 unspecified atom stereocenters. The van der Waals surface area contributed by atoms with Gasteiger partial charge in [0.25, 0.3) is 5.56 Å². The van der Waals surface area contributed by atoms with Crippen LogP contribution < -0.4 is 20.5 Å². The highest BCUT2D eigenvalue weighted by molar-refractivity contribution is 6.01. The number of carboxylic acid groups (broad SMARTS) is 1. The number of aromatic hydroxyl groups is 1. The Bertz CT molecular complexity index is 1400. The lowest BCUT2D eigenvalue weighted by Gasteiger charge is -2.25. The van der Waals surface area contributed by atoms with E-state index >= 15 is 0 Å². The molecular formula is C24H21F4N3O6. The van der Waals surface area contributed by atoms with Gasteiger partial charge in [-0.05, 0) is 48.4 Å². The maximum absolute atomic E-state index is 14.7. The second kappa shape index (κ2) is 10.6. The lowest BCUT2D eigenvalue weighted by Crippen LogP contribution is -2.41. The summed E-state index contributed by atoms with van der Waals surface area (Å²) in [5.74, 6) is -3.30. The van der Waals surface area contributed by atoms with Crippen molar-refractivity contribution in [1.29, 1.82) is 0 Å². The van der Waals surface area contributed by atoms with Crippen LogP contribution in [-0.4, -0.2) is 39.7 Å². The molecule has 9 nitrogen and oxygen atoms in total.